The topological polar surface area (TPSA) is 59.0 Å². The number of nitrogens with one attached hydrogen (secondary N) is 2. The number of urea groups is 1. The molecular weight excluding hydrogens is 216 g/mol. The Kier molecular flexibility index (Phi) is 4.01. The van der Waals surface area contributed by atoms with Gasteiger partial charge in [0.25, 0.3) is 0 Å². The van der Waals surface area contributed by atoms with E-state index in [-0.39, 0.29) is 6.03 Å². The maximum absolute atomic E-state index is 11.6. The van der Waals surface area contributed by atoms with E-state index >= 15 is 0 Å². The van der Waals surface area contributed by atoms with E-state index in [4.69, 9.17) is 0 Å². The van der Waals surface area contributed by atoms with Gasteiger partial charge in [-0.25, -0.2) is 9.48 Å². The summed E-state index contributed by atoms with van der Waals surface area (Å²) in [6.45, 7) is 2.73. The smallest absolute Gasteiger partial charge is 0.320 e. The number of nitrogens with zero attached hydrogens (tertiary/aromatic N) is 2. The second-order valence-electron chi connectivity index (χ2n) is 4.48. The molecule has 0 atom stereocenters. The van der Waals surface area contributed by atoms with E-state index in [2.05, 4.69) is 15.7 Å². The third kappa shape index (κ3) is 2.99. The maximum Gasteiger partial charge on any atom is 0.320 e. The van der Waals surface area contributed by atoms with E-state index in [9.17, 15) is 4.79 Å². The highest BCUT2D eigenvalue weighted by Gasteiger charge is 2.20. The van der Waals surface area contributed by atoms with Crippen molar-refractivity contribution in [2.45, 2.75) is 45.1 Å². The predicted octanol–water partition coefficient (Wildman–Crippen LogP) is 2.53. The first kappa shape index (κ1) is 12.0. The lowest BCUT2D eigenvalue weighted by Gasteiger charge is -2.14. The van der Waals surface area contributed by atoms with Crippen LogP contribution in [0.3, 0.4) is 0 Å². The van der Waals surface area contributed by atoms with E-state index in [1.807, 2.05) is 17.7 Å². The van der Waals surface area contributed by atoms with Gasteiger partial charge in [-0.3, -0.25) is 5.32 Å². The van der Waals surface area contributed by atoms with E-state index in [0.29, 0.717) is 12.6 Å². The summed E-state index contributed by atoms with van der Waals surface area (Å²) in [6.07, 6.45) is 7.51. The van der Waals surface area contributed by atoms with Crippen molar-refractivity contribution in [1.29, 1.82) is 0 Å². The Morgan fingerprint density at radius 2 is 2.29 bits per heavy atom. The van der Waals surface area contributed by atoms with Crippen LogP contribution in [0.5, 0.6) is 0 Å². The fourth-order valence-electron chi connectivity index (χ4n) is 2.25. The molecule has 0 saturated heterocycles. The molecule has 0 spiro atoms. The zero-order valence-electron chi connectivity index (χ0n) is 10.3. The zero-order chi connectivity index (χ0) is 12.1. The Morgan fingerprint density at radius 1 is 1.53 bits per heavy atom. The molecule has 5 heteroatoms. The van der Waals surface area contributed by atoms with Crippen molar-refractivity contribution in [3.05, 3.63) is 12.3 Å². The molecule has 0 aromatic carbocycles. The van der Waals surface area contributed by atoms with Crippen LogP contribution in [-0.2, 0) is 0 Å². The zero-order valence-corrected chi connectivity index (χ0v) is 10.3. The Morgan fingerprint density at radius 3 is 3.00 bits per heavy atom. The summed E-state index contributed by atoms with van der Waals surface area (Å²) in [5, 5.41) is 9.96. The van der Waals surface area contributed by atoms with Gasteiger partial charge < -0.3 is 5.32 Å². The number of carbonyl (C=O) groups excluding carboxylic acids is 1. The molecule has 17 heavy (non-hydrogen) atoms. The van der Waals surface area contributed by atoms with E-state index < -0.39 is 0 Å². The number of hydrogen-bond acceptors (Lipinski definition) is 2. The van der Waals surface area contributed by atoms with Crippen LogP contribution in [0.1, 0.15) is 45.1 Å². The summed E-state index contributed by atoms with van der Waals surface area (Å²) in [6, 6.07) is 2.15. The van der Waals surface area contributed by atoms with Crippen LogP contribution in [0.25, 0.3) is 0 Å². The molecule has 1 aromatic heterocycles. The summed E-state index contributed by atoms with van der Waals surface area (Å²) >= 11 is 0. The Bertz CT molecular complexity index is 368. The van der Waals surface area contributed by atoms with Gasteiger partial charge in [-0.1, -0.05) is 19.8 Å². The van der Waals surface area contributed by atoms with Crippen molar-refractivity contribution in [2.24, 2.45) is 0 Å². The number of aromatic nitrogens is 2. The van der Waals surface area contributed by atoms with E-state index in [1.165, 1.54) is 12.8 Å². The summed E-state index contributed by atoms with van der Waals surface area (Å²) in [7, 11) is 0. The van der Waals surface area contributed by atoms with E-state index in [1.54, 1.807) is 6.20 Å². The average Bonchev–Trinajstić information content (AvgIpc) is 2.95. The largest absolute Gasteiger partial charge is 0.338 e. The molecule has 1 aliphatic rings. The lowest BCUT2D eigenvalue weighted by molar-refractivity contribution is 0.252. The van der Waals surface area contributed by atoms with Gasteiger partial charge in [0.05, 0.1) is 12.2 Å². The second-order valence-corrected chi connectivity index (χ2v) is 4.48. The lowest BCUT2D eigenvalue weighted by atomic mass is 10.2. The highest BCUT2D eigenvalue weighted by Crippen LogP contribution is 2.31. The molecule has 0 unspecified atom stereocenters. The molecule has 2 rings (SSSR count). The van der Waals surface area contributed by atoms with Crippen LogP contribution < -0.4 is 10.6 Å². The molecule has 2 N–H and O–H groups in total. The first-order valence-corrected chi connectivity index (χ1v) is 6.39. The van der Waals surface area contributed by atoms with Gasteiger partial charge in [0, 0.05) is 12.6 Å². The number of amides is 2. The SMILES string of the molecule is CCCNC(=O)Nc1ccnn1C1CCCC1. The van der Waals surface area contributed by atoms with Gasteiger partial charge in [0.1, 0.15) is 5.82 Å². The second kappa shape index (κ2) is 5.70. The molecule has 94 valence electrons. The Labute approximate surface area is 102 Å². The summed E-state index contributed by atoms with van der Waals surface area (Å²) in [4.78, 5) is 11.6. The number of carbonyl (C=O) groups is 1. The molecule has 5 nitrogen and oxygen atoms in total. The van der Waals surface area contributed by atoms with E-state index in [0.717, 1.165) is 25.1 Å². The van der Waals surface area contributed by atoms with Gasteiger partial charge >= 0.3 is 6.03 Å². The minimum absolute atomic E-state index is 0.147. The minimum atomic E-state index is -0.147. The van der Waals surface area contributed by atoms with Gasteiger partial charge in [-0.2, -0.15) is 5.10 Å². The molecule has 1 fully saturated rings. The molecule has 2 amide bonds. The predicted molar refractivity (Wildman–Crippen MR) is 67.0 cm³/mol. The molecule has 1 aromatic rings. The molecule has 0 bridgehead atoms. The molecule has 0 radical (unpaired) electrons. The third-order valence-corrected chi connectivity index (χ3v) is 3.12. The maximum atomic E-state index is 11.6. The normalized spacial score (nSPS) is 16.1. The summed E-state index contributed by atoms with van der Waals surface area (Å²) in [5.74, 6) is 0.797. The monoisotopic (exact) mass is 236 g/mol. The highest BCUT2D eigenvalue weighted by atomic mass is 16.2. The summed E-state index contributed by atoms with van der Waals surface area (Å²) in [5.41, 5.74) is 0. The third-order valence-electron chi connectivity index (χ3n) is 3.12. The summed E-state index contributed by atoms with van der Waals surface area (Å²) < 4.78 is 1.94. The number of rotatable bonds is 4. The number of anilines is 1. The van der Waals surface area contributed by atoms with Crippen LogP contribution in [0.2, 0.25) is 0 Å². The van der Waals surface area contributed by atoms with Crippen molar-refractivity contribution in [3.8, 4) is 0 Å². The van der Waals surface area contributed by atoms with Gasteiger partial charge in [0.15, 0.2) is 0 Å². The molecule has 0 aliphatic heterocycles. The van der Waals surface area contributed by atoms with Crippen LogP contribution in [0.4, 0.5) is 10.6 Å². The van der Waals surface area contributed by atoms with Gasteiger partial charge in [0.2, 0.25) is 0 Å². The van der Waals surface area contributed by atoms with Crippen LogP contribution in [0, 0.1) is 0 Å². The molecule has 1 heterocycles. The quantitative estimate of drug-likeness (QED) is 0.844. The van der Waals surface area contributed by atoms with Crippen molar-refractivity contribution >= 4 is 11.8 Å². The van der Waals surface area contributed by atoms with Crippen LogP contribution in [-0.4, -0.2) is 22.4 Å². The average molecular weight is 236 g/mol. The number of hydrogen-bond donors (Lipinski definition) is 2. The first-order valence-electron chi connectivity index (χ1n) is 6.39. The fraction of sp³-hybridized carbons (Fsp3) is 0.667. The van der Waals surface area contributed by atoms with Crippen LogP contribution >= 0.6 is 0 Å². The first-order chi connectivity index (χ1) is 8.31. The van der Waals surface area contributed by atoms with Crippen LogP contribution in [0.15, 0.2) is 12.3 Å². The van der Waals surface area contributed by atoms with Crippen molar-refractivity contribution in [1.82, 2.24) is 15.1 Å². The Balaban J connectivity index is 1.96. The lowest BCUT2D eigenvalue weighted by Crippen LogP contribution is -2.30. The van der Waals surface area contributed by atoms with Crippen molar-refractivity contribution in [2.75, 3.05) is 11.9 Å². The Hall–Kier alpha value is -1.52. The highest BCUT2D eigenvalue weighted by molar-refractivity contribution is 5.88. The molecule has 1 aliphatic carbocycles. The molecular formula is C12H20N4O. The van der Waals surface area contributed by atoms with Crippen molar-refractivity contribution in [3.63, 3.8) is 0 Å². The van der Waals surface area contributed by atoms with Crippen molar-refractivity contribution < 1.29 is 4.79 Å². The standard InChI is InChI=1S/C12H20N4O/c1-2-8-13-12(17)15-11-7-9-14-16(11)10-5-3-4-6-10/h7,9-10H,2-6,8H2,1H3,(H2,13,15,17). The van der Waals surface area contributed by atoms with Gasteiger partial charge in [-0.15, -0.1) is 0 Å². The minimum Gasteiger partial charge on any atom is -0.338 e. The molecule has 1 saturated carbocycles. The van der Waals surface area contributed by atoms with Gasteiger partial charge in [-0.05, 0) is 19.3 Å². The fourth-order valence-corrected chi connectivity index (χ4v) is 2.25.